The standard InChI is InChI=1S/C76H138O6/c1-4-7-10-13-16-19-22-25-28-30-32-34-36-37-38-39-40-42-43-45-48-51-54-57-60-63-66-69-75(78)81-72-73(71-80-74(77)68-65-62-59-56-53-50-47-27-24-21-18-15-12-9-6-3)82-76(79)70-67-64-61-58-55-52-49-46-44-41-35-33-31-29-26-23-20-17-14-11-8-5-2/h9,12,18,21,27,30,32,47,53,56,73H,4-8,10-11,13-17,19-20,22-26,28-29,31,33-46,48-52,54-55,57-72H2,1-3H3/b12-9-,21-18-,32-30-,47-27-,56-53-. The molecule has 0 aliphatic carbocycles. The van der Waals surface area contributed by atoms with Crippen LogP contribution in [0.4, 0.5) is 0 Å². The molecule has 0 spiro atoms. The molecule has 0 radical (unpaired) electrons. The van der Waals surface area contributed by atoms with Gasteiger partial charge in [0.25, 0.3) is 0 Å². The van der Waals surface area contributed by atoms with Crippen LogP contribution in [0.15, 0.2) is 60.8 Å². The van der Waals surface area contributed by atoms with Gasteiger partial charge in [-0.15, -0.1) is 0 Å². The minimum Gasteiger partial charge on any atom is -0.462 e. The number of carbonyl (C=O) groups is 3. The van der Waals surface area contributed by atoms with Crippen molar-refractivity contribution in [2.24, 2.45) is 0 Å². The van der Waals surface area contributed by atoms with E-state index in [1.807, 2.05) is 0 Å². The van der Waals surface area contributed by atoms with Gasteiger partial charge >= 0.3 is 17.9 Å². The Hall–Kier alpha value is -2.89. The minimum atomic E-state index is -0.791. The summed E-state index contributed by atoms with van der Waals surface area (Å²) in [4.78, 5) is 38.5. The molecule has 6 nitrogen and oxygen atoms in total. The summed E-state index contributed by atoms with van der Waals surface area (Å²) in [5.41, 5.74) is 0. The van der Waals surface area contributed by atoms with Crippen LogP contribution in [0.3, 0.4) is 0 Å². The van der Waals surface area contributed by atoms with Gasteiger partial charge in [0.05, 0.1) is 0 Å². The van der Waals surface area contributed by atoms with E-state index in [9.17, 15) is 14.4 Å². The molecule has 1 atom stereocenters. The highest BCUT2D eigenvalue weighted by atomic mass is 16.6. The third-order valence-electron chi connectivity index (χ3n) is 16.3. The van der Waals surface area contributed by atoms with Crippen molar-refractivity contribution >= 4 is 17.9 Å². The van der Waals surface area contributed by atoms with Crippen LogP contribution in [0.5, 0.6) is 0 Å². The average Bonchev–Trinajstić information content (AvgIpc) is 3.48. The molecule has 0 saturated heterocycles. The van der Waals surface area contributed by atoms with E-state index in [1.165, 1.54) is 263 Å². The Bertz CT molecular complexity index is 1460. The molecular weight excluding hydrogens is 1010 g/mol. The van der Waals surface area contributed by atoms with Gasteiger partial charge in [0.2, 0.25) is 0 Å². The van der Waals surface area contributed by atoms with Gasteiger partial charge in [-0.05, 0) is 83.5 Å². The molecule has 0 aliphatic heterocycles. The van der Waals surface area contributed by atoms with E-state index >= 15 is 0 Å². The van der Waals surface area contributed by atoms with Gasteiger partial charge in [-0.3, -0.25) is 14.4 Å². The van der Waals surface area contributed by atoms with Gasteiger partial charge in [0, 0.05) is 19.3 Å². The maximum atomic E-state index is 13.0. The summed E-state index contributed by atoms with van der Waals surface area (Å²) < 4.78 is 17.0. The molecule has 0 rings (SSSR count). The van der Waals surface area contributed by atoms with Crippen LogP contribution in [0.1, 0.15) is 387 Å². The van der Waals surface area contributed by atoms with Gasteiger partial charge in [0.15, 0.2) is 6.10 Å². The molecule has 0 aromatic carbocycles. The molecular formula is C76H138O6. The smallest absolute Gasteiger partial charge is 0.306 e. The van der Waals surface area contributed by atoms with E-state index < -0.39 is 6.10 Å². The quantitative estimate of drug-likeness (QED) is 0.0261. The van der Waals surface area contributed by atoms with Crippen LogP contribution < -0.4 is 0 Å². The van der Waals surface area contributed by atoms with E-state index in [0.717, 1.165) is 83.5 Å². The first-order valence-electron chi connectivity index (χ1n) is 36.3. The highest BCUT2D eigenvalue weighted by molar-refractivity contribution is 5.71. The number of rotatable bonds is 67. The number of hydrogen-bond acceptors (Lipinski definition) is 6. The molecule has 0 amide bonds. The molecule has 0 aromatic heterocycles. The maximum absolute atomic E-state index is 13.0. The zero-order valence-corrected chi connectivity index (χ0v) is 55.0. The first-order chi connectivity index (χ1) is 40.5. The number of ether oxygens (including phenoxy) is 3. The van der Waals surface area contributed by atoms with Gasteiger partial charge in [-0.25, -0.2) is 0 Å². The predicted octanol–water partition coefficient (Wildman–Crippen LogP) is 25.1. The summed E-state index contributed by atoms with van der Waals surface area (Å²) in [6.45, 7) is 6.56. The molecule has 1 unspecified atom stereocenters. The third-order valence-corrected chi connectivity index (χ3v) is 16.3. The molecule has 0 bridgehead atoms. The molecule has 6 heteroatoms. The lowest BCUT2D eigenvalue weighted by Crippen LogP contribution is -2.30. The lowest BCUT2D eigenvalue weighted by Gasteiger charge is -2.18. The Morgan fingerprint density at radius 1 is 0.256 bits per heavy atom. The van der Waals surface area contributed by atoms with E-state index in [-0.39, 0.29) is 31.1 Å². The highest BCUT2D eigenvalue weighted by Gasteiger charge is 2.19. The van der Waals surface area contributed by atoms with Crippen molar-refractivity contribution in [2.75, 3.05) is 13.2 Å². The average molecular weight is 1150 g/mol. The summed E-state index contributed by atoms with van der Waals surface area (Å²) in [6, 6.07) is 0. The minimum absolute atomic E-state index is 0.0830. The number of allylic oxidation sites excluding steroid dienone is 10. The van der Waals surface area contributed by atoms with Crippen molar-refractivity contribution in [3.8, 4) is 0 Å². The normalized spacial score (nSPS) is 12.4. The molecule has 478 valence electrons. The molecule has 0 aliphatic rings. The van der Waals surface area contributed by atoms with E-state index in [1.54, 1.807) is 0 Å². The zero-order valence-electron chi connectivity index (χ0n) is 55.0. The van der Waals surface area contributed by atoms with Crippen LogP contribution in [0.2, 0.25) is 0 Å². The van der Waals surface area contributed by atoms with Gasteiger partial charge in [-0.2, -0.15) is 0 Å². The van der Waals surface area contributed by atoms with Crippen LogP contribution in [0, 0.1) is 0 Å². The van der Waals surface area contributed by atoms with E-state index in [2.05, 4.69) is 81.5 Å². The molecule has 0 aromatic rings. The fourth-order valence-electron chi connectivity index (χ4n) is 10.8. The molecule has 0 N–H and O–H groups in total. The predicted molar refractivity (Wildman–Crippen MR) is 358 cm³/mol. The largest absolute Gasteiger partial charge is 0.462 e. The van der Waals surface area contributed by atoms with Gasteiger partial charge in [-0.1, -0.05) is 345 Å². The van der Waals surface area contributed by atoms with E-state index in [4.69, 9.17) is 14.2 Å². The second-order valence-electron chi connectivity index (χ2n) is 24.5. The van der Waals surface area contributed by atoms with Crippen molar-refractivity contribution < 1.29 is 28.6 Å². The fraction of sp³-hybridized carbons (Fsp3) is 0.829. The highest BCUT2D eigenvalue weighted by Crippen LogP contribution is 2.19. The summed E-state index contributed by atoms with van der Waals surface area (Å²) in [6.07, 6.45) is 91.3. The van der Waals surface area contributed by atoms with Crippen LogP contribution in [0.25, 0.3) is 0 Å². The van der Waals surface area contributed by atoms with E-state index in [0.29, 0.717) is 19.3 Å². The second-order valence-corrected chi connectivity index (χ2v) is 24.5. The summed E-state index contributed by atoms with van der Waals surface area (Å²) in [5, 5.41) is 0. The SMILES string of the molecule is CC/C=C\C/C=C\C/C=C\C/C=C\CCCCC(=O)OCC(COC(=O)CCCCCCCCCCCCCCCCC/C=C\CCCCCCCCCC)OC(=O)CCCCCCCCCCCCCCCCCCCCCCCC. The van der Waals surface area contributed by atoms with Crippen molar-refractivity contribution in [2.45, 2.75) is 393 Å². The van der Waals surface area contributed by atoms with Crippen LogP contribution >= 0.6 is 0 Å². The lowest BCUT2D eigenvalue weighted by atomic mass is 10.0. The Morgan fingerprint density at radius 2 is 0.476 bits per heavy atom. The van der Waals surface area contributed by atoms with Gasteiger partial charge < -0.3 is 14.2 Å². The lowest BCUT2D eigenvalue weighted by molar-refractivity contribution is -0.167. The summed E-state index contributed by atoms with van der Waals surface area (Å²) >= 11 is 0. The molecule has 0 heterocycles. The summed E-state index contributed by atoms with van der Waals surface area (Å²) in [7, 11) is 0. The number of esters is 3. The van der Waals surface area contributed by atoms with Crippen LogP contribution in [-0.4, -0.2) is 37.2 Å². The monoisotopic (exact) mass is 1150 g/mol. The maximum Gasteiger partial charge on any atom is 0.306 e. The van der Waals surface area contributed by atoms with Crippen molar-refractivity contribution in [3.63, 3.8) is 0 Å². The topological polar surface area (TPSA) is 78.9 Å². The number of carbonyl (C=O) groups excluding carboxylic acids is 3. The second kappa shape index (κ2) is 70.6. The Kier molecular flexibility index (Phi) is 68.1. The molecule has 82 heavy (non-hydrogen) atoms. The third kappa shape index (κ3) is 67.9. The zero-order chi connectivity index (χ0) is 59.2. The molecule has 0 saturated carbocycles. The van der Waals surface area contributed by atoms with Crippen LogP contribution in [-0.2, 0) is 28.6 Å². The first kappa shape index (κ1) is 79.1. The van der Waals surface area contributed by atoms with Gasteiger partial charge in [0.1, 0.15) is 13.2 Å². The number of hydrogen-bond donors (Lipinski definition) is 0. The first-order valence-corrected chi connectivity index (χ1v) is 36.3. The van der Waals surface area contributed by atoms with Crippen molar-refractivity contribution in [1.82, 2.24) is 0 Å². The fourth-order valence-corrected chi connectivity index (χ4v) is 10.8. The van der Waals surface area contributed by atoms with Crippen molar-refractivity contribution in [3.05, 3.63) is 60.8 Å². The Balaban J connectivity index is 4.27. The molecule has 0 fully saturated rings. The number of unbranched alkanes of at least 4 members (excludes halogenated alkanes) is 46. The Morgan fingerprint density at radius 3 is 0.780 bits per heavy atom. The Labute approximate surface area is 510 Å². The van der Waals surface area contributed by atoms with Crippen molar-refractivity contribution in [1.29, 1.82) is 0 Å². The summed E-state index contributed by atoms with van der Waals surface area (Å²) in [5.74, 6) is -0.900.